The maximum Gasteiger partial charge on any atom is 0.246 e. The topological polar surface area (TPSA) is 108 Å². The van der Waals surface area contributed by atoms with Crippen LogP contribution in [0, 0.1) is 5.92 Å². The van der Waals surface area contributed by atoms with Gasteiger partial charge in [-0.15, -0.1) is 0 Å². The molecular formula is C29H37N3O5. The van der Waals surface area contributed by atoms with E-state index >= 15 is 0 Å². The van der Waals surface area contributed by atoms with Crippen LogP contribution in [-0.2, 0) is 27.2 Å². The summed E-state index contributed by atoms with van der Waals surface area (Å²) in [5, 5.41) is 15.9. The van der Waals surface area contributed by atoms with Crippen molar-refractivity contribution in [2.45, 2.75) is 63.1 Å². The molecule has 2 aromatic rings. The van der Waals surface area contributed by atoms with Crippen LogP contribution >= 0.6 is 0 Å². The van der Waals surface area contributed by atoms with E-state index in [9.17, 15) is 19.5 Å². The highest BCUT2D eigenvalue weighted by Gasteiger charge is 2.47. The van der Waals surface area contributed by atoms with Crippen LogP contribution in [0.4, 0.5) is 0 Å². The summed E-state index contributed by atoms with van der Waals surface area (Å²) in [6.07, 6.45) is 4.18. The molecule has 2 aromatic carbocycles. The number of hydrogen-bond acceptors (Lipinski definition) is 5. The zero-order valence-corrected chi connectivity index (χ0v) is 21.4. The normalized spacial score (nSPS) is 23.2. The molecule has 37 heavy (non-hydrogen) atoms. The Balaban J connectivity index is 1.36. The fraction of sp³-hybridized carbons (Fsp3) is 0.483. The summed E-state index contributed by atoms with van der Waals surface area (Å²) in [6, 6.07) is 16.0. The molecule has 2 saturated heterocycles. The molecule has 3 amide bonds. The molecule has 0 radical (unpaired) electrons. The predicted molar refractivity (Wildman–Crippen MR) is 140 cm³/mol. The smallest absolute Gasteiger partial charge is 0.246 e. The summed E-state index contributed by atoms with van der Waals surface area (Å²) < 4.78 is 5.18. The average Bonchev–Trinajstić information content (AvgIpc) is 3.31. The predicted octanol–water partition coefficient (Wildman–Crippen LogP) is 2.23. The van der Waals surface area contributed by atoms with E-state index in [0.717, 1.165) is 23.3 Å². The van der Waals surface area contributed by atoms with E-state index in [1.54, 1.807) is 12.0 Å². The van der Waals surface area contributed by atoms with Gasteiger partial charge in [-0.1, -0.05) is 42.5 Å². The van der Waals surface area contributed by atoms with E-state index in [1.165, 1.54) is 0 Å². The first-order chi connectivity index (χ1) is 18.0. The molecule has 2 aliphatic rings. The molecule has 198 valence electrons. The quantitative estimate of drug-likeness (QED) is 0.457. The van der Waals surface area contributed by atoms with Crippen molar-refractivity contribution in [2.75, 3.05) is 20.3 Å². The summed E-state index contributed by atoms with van der Waals surface area (Å²) in [7, 11) is 1.62. The molecule has 8 heteroatoms. The molecule has 4 unspecified atom stereocenters. The minimum atomic E-state index is -0.828. The average molecular weight is 508 g/mol. The van der Waals surface area contributed by atoms with Gasteiger partial charge in [-0.2, -0.15) is 0 Å². The third-order valence-electron chi connectivity index (χ3n) is 7.57. The maximum absolute atomic E-state index is 13.7. The largest absolute Gasteiger partial charge is 0.497 e. The third kappa shape index (κ3) is 6.68. The highest BCUT2D eigenvalue weighted by atomic mass is 16.5. The van der Waals surface area contributed by atoms with Crippen LogP contribution in [0.2, 0.25) is 0 Å². The van der Waals surface area contributed by atoms with E-state index in [-0.39, 0.29) is 42.7 Å². The van der Waals surface area contributed by atoms with Crippen molar-refractivity contribution >= 4 is 17.7 Å². The number of nitrogens with one attached hydrogen (secondary N) is 2. The minimum absolute atomic E-state index is 0.0508. The molecule has 2 heterocycles. The number of amides is 3. The lowest BCUT2D eigenvalue weighted by Gasteiger charge is -2.31. The van der Waals surface area contributed by atoms with Crippen molar-refractivity contribution in [3.63, 3.8) is 0 Å². The number of nitrogens with zero attached hydrogens (tertiary/aromatic N) is 1. The first-order valence-corrected chi connectivity index (χ1v) is 13.2. The van der Waals surface area contributed by atoms with Gasteiger partial charge in [0.2, 0.25) is 17.7 Å². The SMILES string of the molecule is COc1ccc(CCNC(=O)C2CCC3CCC(CO)C(NC(=O)CCc4ccccc4)C(=O)N32)cc1. The first kappa shape index (κ1) is 26.7. The van der Waals surface area contributed by atoms with Gasteiger partial charge >= 0.3 is 0 Å². The van der Waals surface area contributed by atoms with Gasteiger partial charge in [-0.05, 0) is 61.8 Å². The number of rotatable bonds is 10. The molecule has 0 bridgehead atoms. The van der Waals surface area contributed by atoms with Crippen molar-refractivity contribution in [3.05, 3.63) is 65.7 Å². The monoisotopic (exact) mass is 507 g/mol. The number of aliphatic hydroxyl groups excluding tert-OH is 1. The van der Waals surface area contributed by atoms with Gasteiger partial charge in [0, 0.05) is 31.5 Å². The summed E-state index contributed by atoms with van der Waals surface area (Å²) in [5.74, 6) is -0.230. The number of aryl methyl sites for hydroxylation is 1. The Morgan fingerprint density at radius 1 is 0.973 bits per heavy atom. The van der Waals surface area contributed by atoms with Gasteiger partial charge in [0.25, 0.3) is 0 Å². The number of hydrogen-bond donors (Lipinski definition) is 3. The Morgan fingerprint density at radius 3 is 2.38 bits per heavy atom. The number of carbonyl (C=O) groups excluding carboxylic acids is 3. The number of benzene rings is 2. The molecule has 4 rings (SSSR count). The Kier molecular flexibility index (Phi) is 9.17. The first-order valence-electron chi connectivity index (χ1n) is 13.2. The molecule has 0 aromatic heterocycles. The van der Waals surface area contributed by atoms with E-state index in [0.29, 0.717) is 38.6 Å². The molecule has 8 nitrogen and oxygen atoms in total. The number of carbonyl (C=O) groups is 3. The molecule has 0 aliphatic carbocycles. The van der Waals surface area contributed by atoms with Crippen molar-refractivity contribution in [3.8, 4) is 5.75 Å². The van der Waals surface area contributed by atoms with Crippen LogP contribution in [0.5, 0.6) is 5.75 Å². The number of fused-ring (bicyclic) bond motifs is 1. The number of methoxy groups -OCH3 is 1. The van der Waals surface area contributed by atoms with Crippen LogP contribution in [0.1, 0.15) is 43.2 Å². The Morgan fingerprint density at radius 2 is 1.68 bits per heavy atom. The number of aliphatic hydroxyl groups is 1. The second kappa shape index (κ2) is 12.7. The molecular weight excluding hydrogens is 470 g/mol. The summed E-state index contributed by atoms with van der Waals surface area (Å²) in [6.45, 7) is 0.280. The van der Waals surface area contributed by atoms with Gasteiger partial charge in [0.15, 0.2) is 0 Å². The zero-order valence-electron chi connectivity index (χ0n) is 21.4. The van der Waals surface area contributed by atoms with Crippen LogP contribution in [0.15, 0.2) is 54.6 Å². The Bertz CT molecular complexity index is 1060. The van der Waals surface area contributed by atoms with Crippen molar-refractivity contribution in [1.82, 2.24) is 15.5 Å². The fourth-order valence-corrected chi connectivity index (χ4v) is 5.46. The minimum Gasteiger partial charge on any atom is -0.497 e. The lowest BCUT2D eigenvalue weighted by Crippen LogP contribution is -2.56. The van der Waals surface area contributed by atoms with Gasteiger partial charge in [-0.25, -0.2) is 0 Å². The highest BCUT2D eigenvalue weighted by Crippen LogP contribution is 2.34. The van der Waals surface area contributed by atoms with E-state index in [4.69, 9.17) is 4.74 Å². The highest BCUT2D eigenvalue weighted by molar-refractivity contribution is 5.93. The van der Waals surface area contributed by atoms with Crippen LogP contribution in [0.25, 0.3) is 0 Å². The molecule has 4 atom stereocenters. The zero-order chi connectivity index (χ0) is 26.2. The molecule has 0 spiro atoms. The van der Waals surface area contributed by atoms with E-state index in [2.05, 4.69) is 10.6 Å². The second-order valence-corrected chi connectivity index (χ2v) is 9.93. The molecule has 0 saturated carbocycles. The van der Waals surface area contributed by atoms with Crippen LogP contribution < -0.4 is 15.4 Å². The number of ether oxygens (including phenoxy) is 1. The second-order valence-electron chi connectivity index (χ2n) is 9.93. The molecule has 3 N–H and O–H groups in total. The summed E-state index contributed by atoms with van der Waals surface area (Å²) in [5.41, 5.74) is 2.13. The fourth-order valence-electron chi connectivity index (χ4n) is 5.46. The van der Waals surface area contributed by atoms with Crippen molar-refractivity contribution < 1.29 is 24.2 Å². The Hall–Kier alpha value is -3.39. The summed E-state index contributed by atoms with van der Waals surface area (Å²) >= 11 is 0. The Labute approximate surface area is 218 Å². The lowest BCUT2D eigenvalue weighted by atomic mass is 9.94. The van der Waals surface area contributed by atoms with Gasteiger partial charge in [0.05, 0.1) is 7.11 Å². The summed E-state index contributed by atoms with van der Waals surface area (Å²) in [4.78, 5) is 41.3. The van der Waals surface area contributed by atoms with Gasteiger partial charge in [-0.3, -0.25) is 14.4 Å². The standard InChI is InChI=1S/C29H37N3O5/c1-37-24-13-7-21(8-14-24)17-18-30-28(35)25-15-12-23-11-10-22(19-33)27(29(36)32(23)25)31-26(34)16-9-20-5-3-2-4-6-20/h2-8,13-14,22-23,25,27,33H,9-12,15-19H2,1H3,(H,30,35)(H,31,34). The van der Waals surface area contributed by atoms with Crippen molar-refractivity contribution in [1.29, 1.82) is 0 Å². The van der Waals surface area contributed by atoms with E-state index in [1.807, 2.05) is 54.6 Å². The molecule has 2 fully saturated rings. The third-order valence-corrected chi connectivity index (χ3v) is 7.57. The van der Waals surface area contributed by atoms with Crippen molar-refractivity contribution in [2.24, 2.45) is 5.92 Å². The van der Waals surface area contributed by atoms with Gasteiger partial charge < -0.3 is 25.4 Å². The van der Waals surface area contributed by atoms with Gasteiger partial charge in [0.1, 0.15) is 17.8 Å². The lowest BCUT2D eigenvalue weighted by molar-refractivity contribution is -0.143. The maximum atomic E-state index is 13.7. The van der Waals surface area contributed by atoms with Crippen LogP contribution in [-0.4, -0.2) is 66.1 Å². The van der Waals surface area contributed by atoms with Crippen LogP contribution in [0.3, 0.4) is 0 Å². The van der Waals surface area contributed by atoms with E-state index < -0.39 is 12.1 Å². The molecule has 2 aliphatic heterocycles.